The zero-order valence-corrected chi connectivity index (χ0v) is 11.0. The molecule has 5 nitrogen and oxygen atoms in total. The molecule has 0 radical (unpaired) electrons. The quantitative estimate of drug-likeness (QED) is 0.888. The number of H-pyrrole nitrogens is 1. The first kappa shape index (κ1) is 13.1. The number of pyridine rings is 1. The van der Waals surface area contributed by atoms with Crippen LogP contribution in [0.2, 0.25) is 0 Å². The lowest BCUT2D eigenvalue weighted by Crippen LogP contribution is -2.17. The number of nitrogens with one attached hydrogen (secondary N) is 1. The average Bonchev–Trinajstić information content (AvgIpc) is 2.31. The zero-order chi connectivity index (χ0) is 14.2. The second kappa shape index (κ2) is 4.76. The number of carboxylic acids is 1. The summed E-state index contributed by atoms with van der Waals surface area (Å²) >= 11 is 0. The van der Waals surface area contributed by atoms with Crippen molar-refractivity contribution in [2.75, 3.05) is 0 Å². The topological polar surface area (TPSA) is 79.4 Å². The van der Waals surface area contributed by atoms with Crippen molar-refractivity contribution in [2.24, 2.45) is 0 Å². The lowest BCUT2D eigenvalue weighted by atomic mass is 10.1. The van der Waals surface area contributed by atoms with Crippen LogP contribution in [-0.4, -0.2) is 22.2 Å². The van der Waals surface area contributed by atoms with Crippen LogP contribution in [0.15, 0.2) is 23.1 Å². The molecule has 0 unspecified atom stereocenters. The predicted molar refractivity (Wildman–Crippen MR) is 72.0 cm³/mol. The Kier molecular flexibility index (Phi) is 3.29. The number of benzene rings is 1. The van der Waals surface area contributed by atoms with Crippen LogP contribution in [0.25, 0.3) is 10.9 Å². The van der Waals surface area contributed by atoms with Gasteiger partial charge < -0.3 is 14.8 Å². The van der Waals surface area contributed by atoms with Gasteiger partial charge in [-0.05, 0) is 32.4 Å². The molecule has 0 fully saturated rings. The Morgan fingerprint density at radius 3 is 2.63 bits per heavy atom. The van der Waals surface area contributed by atoms with Gasteiger partial charge in [0.05, 0.1) is 17.0 Å². The van der Waals surface area contributed by atoms with Crippen LogP contribution in [0.4, 0.5) is 0 Å². The molecule has 0 bridgehead atoms. The SMILES string of the molecule is Cc1ccc(OC(C)C)c2[nH]cc(C(=O)O)c(=O)c12. The first-order valence-electron chi connectivity index (χ1n) is 5.96. The van der Waals surface area contributed by atoms with Crippen molar-refractivity contribution in [1.82, 2.24) is 4.98 Å². The monoisotopic (exact) mass is 261 g/mol. The van der Waals surface area contributed by atoms with Crippen molar-refractivity contribution >= 4 is 16.9 Å². The second-order valence-corrected chi connectivity index (χ2v) is 4.63. The molecule has 2 aromatic rings. The van der Waals surface area contributed by atoms with Crippen molar-refractivity contribution in [3.8, 4) is 5.75 Å². The minimum Gasteiger partial charge on any atom is -0.489 e. The van der Waals surface area contributed by atoms with Crippen molar-refractivity contribution in [1.29, 1.82) is 0 Å². The Bertz CT molecular complexity index is 700. The van der Waals surface area contributed by atoms with E-state index in [-0.39, 0.29) is 11.7 Å². The number of aromatic amines is 1. The minimum absolute atomic E-state index is 0.0337. The number of ether oxygens (including phenoxy) is 1. The fraction of sp³-hybridized carbons (Fsp3) is 0.286. The van der Waals surface area contributed by atoms with Gasteiger partial charge in [0, 0.05) is 6.20 Å². The third-order valence-corrected chi connectivity index (χ3v) is 2.80. The van der Waals surface area contributed by atoms with E-state index in [4.69, 9.17) is 9.84 Å². The van der Waals surface area contributed by atoms with E-state index in [1.807, 2.05) is 13.8 Å². The molecule has 1 heterocycles. The van der Waals surface area contributed by atoms with E-state index in [2.05, 4.69) is 4.98 Å². The van der Waals surface area contributed by atoms with E-state index in [1.165, 1.54) is 6.20 Å². The molecule has 0 aliphatic rings. The van der Waals surface area contributed by atoms with Gasteiger partial charge in [0.25, 0.3) is 0 Å². The number of carboxylic acid groups (broad SMARTS) is 1. The number of carbonyl (C=O) groups is 1. The molecule has 0 spiro atoms. The molecular weight excluding hydrogens is 246 g/mol. The highest BCUT2D eigenvalue weighted by atomic mass is 16.5. The Labute approximate surface area is 109 Å². The van der Waals surface area contributed by atoms with Crippen molar-refractivity contribution in [2.45, 2.75) is 26.9 Å². The zero-order valence-electron chi connectivity index (χ0n) is 11.0. The molecule has 0 amide bonds. The van der Waals surface area contributed by atoms with Gasteiger partial charge in [0.1, 0.15) is 11.3 Å². The largest absolute Gasteiger partial charge is 0.489 e. The van der Waals surface area contributed by atoms with Gasteiger partial charge in [-0.1, -0.05) is 6.07 Å². The van der Waals surface area contributed by atoms with Crippen LogP contribution < -0.4 is 10.2 Å². The first-order chi connectivity index (χ1) is 8.91. The normalized spacial score (nSPS) is 10.9. The lowest BCUT2D eigenvalue weighted by Gasteiger charge is -2.13. The summed E-state index contributed by atoms with van der Waals surface area (Å²) in [6.07, 6.45) is 1.17. The molecule has 100 valence electrons. The van der Waals surface area contributed by atoms with Gasteiger partial charge in [-0.2, -0.15) is 0 Å². The summed E-state index contributed by atoms with van der Waals surface area (Å²) in [5, 5.41) is 9.34. The van der Waals surface area contributed by atoms with E-state index in [0.29, 0.717) is 16.7 Å². The van der Waals surface area contributed by atoms with Gasteiger partial charge in [-0.25, -0.2) is 4.79 Å². The van der Waals surface area contributed by atoms with Crippen molar-refractivity contribution in [3.05, 3.63) is 39.7 Å². The standard InChI is InChI=1S/C14H15NO4/c1-7(2)19-10-5-4-8(3)11-12(10)15-6-9(13(11)16)14(17)18/h4-7H,1-3H3,(H,15,16)(H,17,18). The number of aryl methyl sites for hydroxylation is 1. The molecule has 19 heavy (non-hydrogen) atoms. The van der Waals surface area contributed by atoms with E-state index < -0.39 is 11.4 Å². The molecule has 0 aliphatic heterocycles. The molecule has 2 rings (SSSR count). The summed E-state index contributed by atoms with van der Waals surface area (Å²) in [5.74, 6) is -0.692. The fourth-order valence-electron chi connectivity index (χ4n) is 1.98. The second-order valence-electron chi connectivity index (χ2n) is 4.63. The maximum absolute atomic E-state index is 12.2. The molecule has 2 N–H and O–H groups in total. The number of hydrogen-bond donors (Lipinski definition) is 2. The first-order valence-corrected chi connectivity index (χ1v) is 5.96. The molecule has 0 aliphatic carbocycles. The van der Waals surface area contributed by atoms with Crippen LogP contribution in [0, 0.1) is 6.92 Å². The Morgan fingerprint density at radius 2 is 2.05 bits per heavy atom. The van der Waals surface area contributed by atoms with Gasteiger partial charge >= 0.3 is 5.97 Å². The Balaban J connectivity index is 2.80. The fourth-order valence-corrected chi connectivity index (χ4v) is 1.98. The van der Waals surface area contributed by atoms with Crippen LogP contribution in [-0.2, 0) is 0 Å². The number of aromatic carboxylic acids is 1. The van der Waals surface area contributed by atoms with E-state index in [9.17, 15) is 9.59 Å². The summed E-state index contributed by atoms with van der Waals surface area (Å²) in [6.45, 7) is 5.53. The molecule has 1 aromatic heterocycles. The van der Waals surface area contributed by atoms with Crippen LogP contribution in [0.5, 0.6) is 5.75 Å². The van der Waals surface area contributed by atoms with E-state index in [1.54, 1.807) is 19.1 Å². The smallest absolute Gasteiger partial charge is 0.341 e. The van der Waals surface area contributed by atoms with Crippen LogP contribution >= 0.6 is 0 Å². The average molecular weight is 261 g/mol. The molecule has 0 saturated carbocycles. The summed E-state index contributed by atoms with van der Waals surface area (Å²) in [7, 11) is 0. The molecule has 0 atom stereocenters. The highest BCUT2D eigenvalue weighted by Crippen LogP contribution is 2.25. The third kappa shape index (κ3) is 2.31. The number of hydrogen-bond acceptors (Lipinski definition) is 3. The molecule has 5 heteroatoms. The van der Waals surface area contributed by atoms with Crippen LogP contribution in [0.3, 0.4) is 0 Å². The van der Waals surface area contributed by atoms with Gasteiger partial charge in [0.2, 0.25) is 5.43 Å². The highest BCUT2D eigenvalue weighted by molar-refractivity contribution is 5.95. The molecular formula is C14H15NO4. The maximum atomic E-state index is 12.2. The maximum Gasteiger partial charge on any atom is 0.341 e. The summed E-state index contributed by atoms with van der Waals surface area (Å²) < 4.78 is 5.62. The third-order valence-electron chi connectivity index (χ3n) is 2.80. The number of aromatic nitrogens is 1. The van der Waals surface area contributed by atoms with E-state index in [0.717, 1.165) is 5.56 Å². The molecule has 0 saturated heterocycles. The number of fused-ring (bicyclic) bond motifs is 1. The van der Waals surface area contributed by atoms with Crippen LogP contribution in [0.1, 0.15) is 29.8 Å². The van der Waals surface area contributed by atoms with Gasteiger partial charge in [0.15, 0.2) is 0 Å². The summed E-state index contributed by atoms with van der Waals surface area (Å²) in [4.78, 5) is 26.0. The summed E-state index contributed by atoms with van der Waals surface area (Å²) in [6, 6.07) is 3.52. The summed E-state index contributed by atoms with van der Waals surface area (Å²) in [5.41, 5.74) is 0.490. The van der Waals surface area contributed by atoms with Crippen molar-refractivity contribution < 1.29 is 14.6 Å². The highest BCUT2D eigenvalue weighted by Gasteiger charge is 2.15. The Hall–Kier alpha value is -2.30. The van der Waals surface area contributed by atoms with Gasteiger partial charge in [-0.15, -0.1) is 0 Å². The lowest BCUT2D eigenvalue weighted by molar-refractivity contribution is 0.0695. The number of rotatable bonds is 3. The predicted octanol–water partition coefficient (Wildman–Crippen LogP) is 2.32. The minimum atomic E-state index is -1.24. The Morgan fingerprint density at radius 1 is 1.37 bits per heavy atom. The van der Waals surface area contributed by atoms with Crippen molar-refractivity contribution in [3.63, 3.8) is 0 Å². The van der Waals surface area contributed by atoms with E-state index >= 15 is 0 Å². The molecule has 1 aromatic carbocycles. The van der Waals surface area contributed by atoms with Gasteiger partial charge in [-0.3, -0.25) is 4.79 Å².